The number of alkyl halides is 4. The predicted octanol–water partition coefficient (Wildman–Crippen LogP) is 37.7. The number of halogens is 5. The van der Waals surface area contributed by atoms with Gasteiger partial charge >= 0.3 is 12.2 Å². The van der Waals surface area contributed by atoms with Crippen molar-refractivity contribution in [1.29, 1.82) is 0 Å². The minimum absolute atomic E-state index is 0.00124. The van der Waals surface area contributed by atoms with Crippen LogP contribution in [0.25, 0.3) is 44.5 Å². The molecule has 0 fully saturated rings. The molecule has 0 atom stereocenters. The Kier molecular flexibility index (Phi) is 25.5. The number of fused-ring (bicyclic) bond motifs is 3. The number of anilines is 12. The lowest BCUT2D eigenvalue weighted by Crippen LogP contribution is -2.54. The lowest BCUT2D eigenvalue weighted by Gasteiger charge is -2.56. The van der Waals surface area contributed by atoms with Crippen LogP contribution in [-0.2, 0) is 55.1 Å². The van der Waals surface area contributed by atoms with Crippen molar-refractivity contribution in [2.75, 3.05) is 26.6 Å². The maximum Gasteiger partial charge on any atom is 0.388 e. The van der Waals surface area contributed by atoms with Crippen molar-refractivity contribution in [2.24, 2.45) is 16.2 Å². The second-order valence-corrected chi connectivity index (χ2v) is 44.7. The first-order valence-corrected chi connectivity index (χ1v) is 50.2. The second-order valence-electron chi connectivity index (χ2n) is 44.7. The summed E-state index contributed by atoms with van der Waals surface area (Å²) in [6, 6.07) is 129. The minimum Gasteiger partial charge on any atom is -0.310 e. The topological polar surface area (TPSA) is 25.4 Å². The van der Waals surface area contributed by atoms with Crippen molar-refractivity contribution >= 4 is 68.2 Å². The summed E-state index contributed by atoms with van der Waals surface area (Å²) in [6.45, 7) is 53.8. The zero-order valence-electron chi connectivity index (χ0n) is 87.3. The average molecular weight is 1900 g/mol. The Morgan fingerprint density at radius 1 is 0.217 bits per heavy atom. The van der Waals surface area contributed by atoms with E-state index in [4.69, 9.17) is 0 Å². The molecule has 2 aliphatic heterocycles. The van der Waals surface area contributed by atoms with Gasteiger partial charge in [0.05, 0.1) is 11.1 Å². The molecule has 0 unspecified atom stereocenters. The fourth-order valence-electron chi connectivity index (χ4n) is 24.0. The van der Waals surface area contributed by atoms with E-state index in [2.05, 4.69) is 449 Å². The summed E-state index contributed by atoms with van der Waals surface area (Å²) < 4.78 is 75.1. The van der Waals surface area contributed by atoms with Crippen LogP contribution in [0.4, 0.5) is 90.2 Å². The van der Waals surface area contributed by atoms with E-state index in [0.29, 0.717) is 11.1 Å². The summed E-state index contributed by atoms with van der Waals surface area (Å²) in [7, 11) is 2.24. The van der Waals surface area contributed by atoms with Crippen molar-refractivity contribution in [3.8, 4) is 44.5 Å². The van der Waals surface area contributed by atoms with Crippen LogP contribution in [0.2, 0.25) is 0 Å². The summed E-state index contributed by atoms with van der Waals surface area (Å²) in [5, 5.41) is 0. The molecule has 2 heterocycles. The van der Waals surface area contributed by atoms with Crippen molar-refractivity contribution in [2.45, 2.75) is 210 Å². The number of benzene rings is 16. The number of rotatable bonds is 16. The van der Waals surface area contributed by atoms with E-state index in [0.717, 1.165) is 91.0 Å². The molecule has 143 heavy (non-hydrogen) atoms. The Labute approximate surface area is 845 Å². The molecule has 0 spiro atoms. The number of hydrogen-bond acceptors (Lipinski definition) is 6. The van der Waals surface area contributed by atoms with Crippen molar-refractivity contribution < 1.29 is 26.7 Å². The quantitative estimate of drug-likeness (QED) is 0.0895. The Morgan fingerprint density at radius 2 is 0.441 bits per heavy atom. The van der Waals surface area contributed by atoms with Gasteiger partial charge in [-0.05, 0) is 376 Å². The lowest BCUT2D eigenvalue weighted by molar-refractivity contribution is -0.369. The van der Waals surface area contributed by atoms with E-state index in [1.807, 2.05) is 91.9 Å². The van der Waals surface area contributed by atoms with Crippen molar-refractivity contribution in [3.63, 3.8) is 0 Å². The highest BCUT2D eigenvalue weighted by atomic mass is 19.3. The predicted molar refractivity (Wildman–Crippen MR) is 589 cm³/mol. The molecular weight excluding hydrogens is 1770 g/mol. The molecule has 0 bridgehead atoms. The van der Waals surface area contributed by atoms with Crippen LogP contribution >= 0.6 is 0 Å². The maximum atomic E-state index is 15.8. The first kappa shape index (κ1) is 99.4. The number of ether oxygens (including phenoxy) is 1. The summed E-state index contributed by atoms with van der Waals surface area (Å²) in [5.41, 5.74) is 34.0. The van der Waals surface area contributed by atoms with Gasteiger partial charge in [-0.25, -0.2) is 9.13 Å². The highest BCUT2D eigenvalue weighted by Crippen LogP contribution is 2.77. The average Bonchev–Trinajstić information content (AvgIpc) is 1.47. The molecule has 0 saturated heterocycles. The van der Waals surface area contributed by atoms with Crippen LogP contribution in [0.1, 0.15) is 204 Å². The van der Waals surface area contributed by atoms with Crippen LogP contribution in [0.15, 0.2) is 376 Å². The monoisotopic (exact) mass is 1900 g/mol. The fourth-order valence-corrected chi connectivity index (χ4v) is 24.0. The first-order chi connectivity index (χ1) is 67.6. The standard InChI is InChI=1S/C39H45N.C34H36FN.C32H34N2.C27H19F4NO/c1-26-23-27(21-22-33(26)40(29-17-13-11-14-18-29)30-19-15-12-16-20-30)28-24-31-34-32(25-28)36(4,5)38(8,9)39(34,10)37(6,7)35(31,2)3;1-23-20-24(25-21-28-31(29(35)22-25)33(4,5)34(6,7)32(28,2)3)18-19-30(23)36(26-14-10-8-11-15-26)27-16-12-9-13-17-27;1-23-21-24(25-17-19-28-29(22-25)32(4,5)33(6)31(28,2)3)18-20-30(23)34(26-13-9-7-10-14-26)27-15-11-8-12-16-27;1-18-16-19(20-12-14-23-24(17-20)27(30,31)33-26(23,28)29)13-15-25(18)32(21-8-4-2-5-9-21)22-10-6-3-7-11-22/h11-25H,1-10H3;8-22H,1-7H3;7-22H,1-6H3;2-17H,1H3. The van der Waals surface area contributed by atoms with Crippen LogP contribution in [-0.4, -0.2) is 11.9 Å². The molecule has 0 N–H and O–H groups in total. The third-order valence-electron chi connectivity index (χ3n) is 35.2. The van der Waals surface area contributed by atoms with Gasteiger partial charge in [-0.2, -0.15) is 17.6 Å². The van der Waals surface area contributed by atoms with Gasteiger partial charge in [0.15, 0.2) is 0 Å². The van der Waals surface area contributed by atoms with Gasteiger partial charge in [0.2, 0.25) is 0 Å². The van der Waals surface area contributed by atoms with E-state index in [1.54, 1.807) is 28.8 Å². The highest BCUT2D eigenvalue weighted by Gasteiger charge is 2.72. The third-order valence-corrected chi connectivity index (χ3v) is 35.2. The maximum absolute atomic E-state index is 15.8. The molecule has 0 radical (unpaired) electrons. The third kappa shape index (κ3) is 16.7. The Hall–Kier alpha value is -13.7. The molecule has 0 saturated carbocycles. The smallest absolute Gasteiger partial charge is 0.310 e. The molecule has 6 nitrogen and oxygen atoms in total. The lowest BCUT2D eigenvalue weighted by atomic mass is 9.47. The summed E-state index contributed by atoms with van der Waals surface area (Å²) >= 11 is 0. The summed E-state index contributed by atoms with van der Waals surface area (Å²) in [5.74, 6) is -0.0944. The van der Waals surface area contributed by atoms with Crippen LogP contribution in [0.5, 0.6) is 0 Å². The van der Waals surface area contributed by atoms with E-state index in [9.17, 15) is 17.6 Å². The molecular formula is C132H134F5N5O. The van der Waals surface area contributed by atoms with Gasteiger partial charge in [-0.3, -0.25) is 4.90 Å². The molecule has 11 heteroatoms. The molecule has 728 valence electrons. The van der Waals surface area contributed by atoms with Crippen molar-refractivity contribution in [3.05, 3.63) is 454 Å². The van der Waals surface area contributed by atoms with Crippen LogP contribution in [0, 0.1) is 49.8 Å². The number of nitrogens with zero attached hydrogens (tertiary/aromatic N) is 5. The van der Waals surface area contributed by atoms with Crippen LogP contribution < -0.4 is 19.6 Å². The minimum atomic E-state index is -4.04. The molecule has 16 aromatic rings. The Morgan fingerprint density at radius 3 is 0.734 bits per heavy atom. The number of aryl methyl sites for hydroxylation is 4. The molecule has 5 aliphatic rings. The molecule has 21 rings (SSSR count). The van der Waals surface area contributed by atoms with E-state index >= 15 is 4.39 Å². The Balaban J connectivity index is 0.000000126. The van der Waals surface area contributed by atoms with E-state index in [1.165, 1.54) is 73.3 Å². The van der Waals surface area contributed by atoms with Gasteiger partial charge < -0.3 is 19.6 Å². The van der Waals surface area contributed by atoms with Gasteiger partial charge in [0, 0.05) is 84.7 Å². The zero-order chi connectivity index (χ0) is 102. The largest absolute Gasteiger partial charge is 0.388 e. The molecule has 0 aromatic heterocycles. The van der Waals surface area contributed by atoms with Crippen molar-refractivity contribution in [1.82, 2.24) is 4.90 Å². The van der Waals surface area contributed by atoms with E-state index < -0.39 is 23.3 Å². The normalized spacial score (nSPS) is 17.5. The number of hydrogen-bond donors (Lipinski definition) is 0. The second kappa shape index (κ2) is 36.6. The first-order valence-electron chi connectivity index (χ1n) is 50.2. The van der Waals surface area contributed by atoms with Gasteiger partial charge in [-0.1, -0.05) is 310 Å². The molecule has 16 aromatic carbocycles. The van der Waals surface area contributed by atoms with Gasteiger partial charge in [0.1, 0.15) is 5.82 Å². The van der Waals surface area contributed by atoms with E-state index in [-0.39, 0.29) is 60.2 Å². The number of para-hydroxylation sites is 8. The Bertz CT molecular complexity index is 7210. The van der Waals surface area contributed by atoms with Gasteiger partial charge in [0.25, 0.3) is 0 Å². The zero-order valence-corrected chi connectivity index (χ0v) is 87.3. The summed E-state index contributed by atoms with van der Waals surface area (Å²) in [6.07, 6.45) is -8.05. The summed E-state index contributed by atoms with van der Waals surface area (Å²) in [4.78, 5) is 11.6. The van der Waals surface area contributed by atoms with Crippen LogP contribution in [0.3, 0.4) is 0 Å². The molecule has 3 aliphatic carbocycles. The fraction of sp³-hybridized carbons (Fsp3) is 0.273. The van der Waals surface area contributed by atoms with Gasteiger partial charge in [-0.15, -0.1) is 0 Å². The highest BCUT2D eigenvalue weighted by molar-refractivity contribution is 5.87. The SMILES string of the molecule is Cc1cc(-c2cc(F)c3c(c2)C(C)(C)C(C)(C)C3(C)C)ccc1N(c1ccccc1)c1ccccc1.Cc1cc(-c2cc3c4c(c2)C(C)(C)C(C)(C)C4(C)C(C)(C)C3(C)C)ccc1N(c1ccccc1)c1ccccc1.Cc1cc(-c2ccc3c(c2)C(C)(C)N(C)C3(C)C)ccc1N(c1ccccc1)c1ccccc1.Cc1cc(-c2ccc3c(c2)C(F)(F)OC3(F)F)ccc1N(c1ccccc1)c1ccccc1. The molecule has 0 amide bonds.